The Labute approximate surface area is 152 Å². The molecule has 0 spiro atoms. The number of nitrogens with one attached hydrogen (secondary N) is 2. The van der Waals surface area contributed by atoms with E-state index in [1.165, 1.54) is 0 Å². The molecule has 0 radical (unpaired) electrons. The van der Waals surface area contributed by atoms with E-state index < -0.39 is 11.9 Å². The van der Waals surface area contributed by atoms with E-state index in [9.17, 15) is 14.4 Å². The molecule has 0 atom stereocenters. The van der Waals surface area contributed by atoms with Crippen molar-refractivity contribution in [3.8, 4) is 0 Å². The van der Waals surface area contributed by atoms with E-state index in [1.807, 2.05) is 38.1 Å². The minimum atomic E-state index is -0.594. The third-order valence-corrected chi connectivity index (χ3v) is 3.67. The van der Waals surface area contributed by atoms with Crippen molar-refractivity contribution in [1.82, 2.24) is 0 Å². The summed E-state index contributed by atoms with van der Waals surface area (Å²) in [5, 5.41) is 5.37. The third-order valence-electron chi connectivity index (χ3n) is 3.67. The van der Waals surface area contributed by atoms with Crippen LogP contribution in [0.15, 0.2) is 48.5 Å². The van der Waals surface area contributed by atoms with Crippen molar-refractivity contribution in [3.63, 3.8) is 0 Å². The molecule has 2 amide bonds. The summed E-state index contributed by atoms with van der Waals surface area (Å²) in [4.78, 5) is 35.3. The largest absolute Gasteiger partial charge is 0.456 e. The first-order valence-electron chi connectivity index (χ1n) is 8.31. The van der Waals surface area contributed by atoms with Gasteiger partial charge in [-0.1, -0.05) is 35.9 Å². The summed E-state index contributed by atoms with van der Waals surface area (Å²) in [6.07, 6.45) is -0.0958. The van der Waals surface area contributed by atoms with Gasteiger partial charge in [0.1, 0.15) is 0 Å². The van der Waals surface area contributed by atoms with Crippen LogP contribution in [0.5, 0.6) is 0 Å². The van der Waals surface area contributed by atoms with E-state index in [2.05, 4.69) is 10.6 Å². The van der Waals surface area contributed by atoms with E-state index in [0.717, 1.165) is 11.1 Å². The fourth-order valence-electron chi connectivity index (χ4n) is 2.19. The molecule has 6 nitrogen and oxygen atoms in total. The number of aryl methyl sites for hydroxylation is 2. The highest BCUT2D eigenvalue weighted by Crippen LogP contribution is 2.13. The molecule has 6 heteroatoms. The van der Waals surface area contributed by atoms with Crippen LogP contribution in [-0.2, 0) is 19.1 Å². The lowest BCUT2D eigenvalue weighted by atomic mass is 10.2. The first-order chi connectivity index (χ1) is 12.4. The summed E-state index contributed by atoms with van der Waals surface area (Å²) >= 11 is 0. The van der Waals surface area contributed by atoms with Gasteiger partial charge in [-0.25, -0.2) is 0 Å². The summed E-state index contributed by atoms with van der Waals surface area (Å²) in [5.41, 5.74) is 3.35. The molecule has 0 aliphatic rings. The predicted octanol–water partition coefficient (Wildman–Crippen LogP) is 3.20. The number of amides is 2. The van der Waals surface area contributed by atoms with Gasteiger partial charge in [-0.15, -0.1) is 0 Å². The maximum absolute atomic E-state index is 11.8. The monoisotopic (exact) mass is 354 g/mol. The van der Waals surface area contributed by atoms with Gasteiger partial charge in [0.2, 0.25) is 5.91 Å². The van der Waals surface area contributed by atoms with E-state index in [4.69, 9.17) is 4.74 Å². The summed E-state index contributed by atoms with van der Waals surface area (Å²) in [7, 11) is 0. The van der Waals surface area contributed by atoms with Gasteiger partial charge >= 0.3 is 5.97 Å². The van der Waals surface area contributed by atoms with Crippen LogP contribution < -0.4 is 10.6 Å². The second-order valence-corrected chi connectivity index (χ2v) is 5.94. The highest BCUT2D eigenvalue weighted by Gasteiger charge is 2.11. The van der Waals surface area contributed by atoms with Crippen molar-refractivity contribution in [1.29, 1.82) is 0 Å². The molecule has 0 unspecified atom stereocenters. The van der Waals surface area contributed by atoms with Gasteiger partial charge in [-0.2, -0.15) is 0 Å². The summed E-state index contributed by atoms with van der Waals surface area (Å²) < 4.78 is 4.90. The maximum atomic E-state index is 11.8. The first-order valence-corrected chi connectivity index (χ1v) is 8.31. The summed E-state index contributed by atoms with van der Waals surface area (Å²) in [6, 6.07) is 14.7. The van der Waals surface area contributed by atoms with Gasteiger partial charge in [0, 0.05) is 17.8 Å². The number of para-hydroxylation sites is 1. The van der Waals surface area contributed by atoms with Crippen LogP contribution in [0.25, 0.3) is 0 Å². The van der Waals surface area contributed by atoms with Crippen LogP contribution in [0, 0.1) is 13.8 Å². The zero-order chi connectivity index (χ0) is 18.9. The van der Waals surface area contributed by atoms with E-state index in [-0.39, 0.29) is 25.4 Å². The molecule has 2 aromatic carbocycles. The van der Waals surface area contributed by atoms with Crippen LogP contribution in [0.4, 0.5) is 11.4 Å². The van der Waals surface area contributed by atoms with Crippen molar-refractivity contribution >= 4 is 29.2 Å². The van der Waals surface area contributed by atoms with Crippen molar-refractivity contribution in [3.05, 3.63) is 59.7 Å². The zero-order valence-electron chi connectivity index (χ0n) is 14.9. The Morgan fingerprint density at radius 3 is 2.23 bits per heavy atom. The van der Waals surface area contributed by atoms with Crippen molar-refractivity contribution in [2.45, 2.75) is 26.7 Å². The number of anilines is 2. The molecular formula is C20H22N2O4. The Hall–Kier alpha value is -3.15. The lowest BCUT2D eigenvalue weighted by Gasteiger charge is -2.09. The number of hydrogen-bond donors (Lipinski definition) is 2. The Morgan fingerprint density at radius 2 is 1.54 bits per heavy atom. The molecule has 2 rings (SSSR count). The fourth-order valence-corrected chi connectivity index (χ4v) is 2.19. The molecule has 136 valence electrons. The first kappa shape index (κ1) is 19.2. The average Bonchev–Trinajstić information content (AvgIpc) is 2.62. The van der Waals surface area contributed by atoms with Gasteiger partial charge < -0.3 is 15.4 Å². The topological polar surface area (TPSA) is 84.5 Å². The molecule has 2 N–H and O–H groups in total. The van der Waals surface area contributed by atoms with Crippen LogP contribution in [0.2, 0.25) is 0 Å². The minimum Gasteiger partial charge on any atom is -0.456 e. The lowest BCUT2D eigenvalue weighted by molar-refractivity contribution is -0.147. The molecule has 0 saturated carbocycles. The number of esters is 1. The number of carbonyl (C=O) groups excluding carboxylic acids is 3. The number of rotatable bonds is 7. The van der Waals surface area contributed by atoms with Gasteiger partial charge in [0.05, 0.1) is 6.42 Å². The molecule has 2 aromatic rings. The molecule has 0 aliphatic carbocycles. The Morgan fingerprint density at radius 1 is 0.846 bits per heavy atom. The quantitative estimate of drug-likeness (QED) is 0.748. The lowest BCUT2D eigenvalue weighted by Crippen LogP contribution is -2.22. The smallest absolute Gasteiger partial charge is 0.306 e. The normalized spacial score (nSPS) is 10.1. The molecule has 0 fully saturated rings. The zero-order valence-corrected chi connectivity index (χ0v) is 14.9. The van der Waals surface area contributed by atoms with E-state index >= 15 is 0 Å². The molecule has 0 heterocycles. The second kappa shape index (κ2) is 9.36. The Bertz CT molecular complexity index is 785. The van der Waals surface area contributed by atoms with Gasteiger partial charge in [0.25, 0.3) is 5.91 Å². The van der Waals surface area contributed by atoms with Crippen LogP contribution in [-0.4, -0.2) is 24.4 Å². The molecule has 26 heavy (non-hydrogen) atoms. The molecule has 0 bridgehead atoms. The van der Waals surface area contributed by atoms with Gasteiger partial charge in [-0.3, -0.25) is 14.4 Å². The number of hydrogen-bond acceptors (Lipinski definition) is 4. The molecular weight excluding hydrogens is 332 g/mol. The van der Waals surface area contributed by atoms with E-state index in [1.54, 1.807) is 24.3 Å². The summed E-state index contributed by atoms with van der Waals surface area (Å²) in [6.45, 7) is 3.44. The predicted molar refractivity (Wildman–Crippen MR) is 99.8 cm³/mol. The van der Waals surface area contributed by atoms with Crippen LogP contribution >= 0.6 is 0 Å². The van der Waals surface area contributed by atoms with Crippen molar-refractivity contribution in [2.75, 3.05) is 17.2 Å². The standard InChI is InChI=1S/C20H22N2O4/c1-14-7-9-16(10-8-14)21-18(23)11-12-20(25)26-13-19(24)22-17-6-4-3-5-15(17)2/h3-10H,11-13H2,1-2H3,(H,21,23)(H,22,24). The Balaban J connectivity index is 1.68. The van der Waals surface area contributed by atoms with Crippen LogP contribution in [0.1, 0.15) is 24.0 Å². The number of ether oxygens (including phenoxy) is 1. The maximum Gasteiger partial charge on any atom is 0.306 e. The summed E-state index contributed by atoms with van der Waals surface area (Å²) in [5.74, 6) is -1.30. The van der Waals surface area contributed by atoms with Crippen molar-refractivity contribution < 1.29 is 19.1 Å². The molecule has 0 saturated heterocycles. The van der Waals surface area contributed by atoms with Gasteiger partial charge in [0.15, 0.2) is 6.61 Å². The molecule has 0 aliphatic heterocycles. The van der Waals surface area contributed by atoms with Crippen molar-refractivity contribution in [2.24, 2.45) is 0 Å². The average molecular weight is 354 g/mol. The second-order valence-electron chi connectivity index (χ2n) is 5.94. The van der Waals surface area contributed by atoms with Crippen LogP contribution in [0.3, 0.4) is 0 Å². The third kappa shape index (κ3) is 6.39. The SMILES string of the molecule is Cc1ccc(NC(=O)CCC(=O)OCC(=O)Nc2ccccc2C)cc1. The Kier molecular flexibility index (Phi) is 6.91. The molecule has 0 aromatic heterocycles. The highest BCUT2D eigenvalue weighted by atomic mass is 16.5. The highest BCUT2D eigenvalue weighted by molar-refractivity contribution is 5.94. The number of benzene rings is 2. The fraction of sp³-hybridized carbons (Fsp3) is 0.250. The van der Waals surface area contributed by atoms with Gasteiger partial charge in [-0.05, 0) is 37.6 Å². The minimum absolute atomic E-state index is 0.00782. The number of carbonyl (C=O) groups is 3. The van der Waals surface area contributed by atoms with E-state index in [0.29, 0.717) is 11.4 Å².